The lowest BCUT2D eigenvalue weighted by atomic mass is 9.86. The van der Waals surface area contributed by atoms with Crippen LogP contribution in [0, 0.1) is 5.41 Å². The average Bonchev–Trinajstić information content (AvgIpc) is 2.39. The van der Waals surface area contributed by atoms with Crippen molar-refractivity contribution >= 4 is 15.9 Å². The van der Waals surface area contributed by atoms with Crippen molar-refractivity contribution < 1.29 is 4.74 Å². The third-order valence-corrected chi connectivity index (χ3v) is 3.24. The molecule has 0 aliphatic carbocycles. The molecule has 58 valence electrons. The smallest absolute Gasteiger partial charge is 0.0534 e. The molecule has 1 aliphatic rings. The number of ether oxygens (including phenoxy) is 1. The fraction of sp³-hybridized carbons (Fsp3) is 0.750. The number of hydrogen-bond donors (Lipinski definition) is 0. The average molecular weight is 205 g/mol. The van der Waals surface area contributed by atoms with Gasteiger partial charge in [0.15, 0.2) is 0 Å². The molecule has 1 fully saturated rings. The van der Waals surface area contributed by atoms with Gasteiger partial charge in [0.1, 0.15) is 0 Å². The molecular formula is C8H13BrO. The molecule has 1 heterocycles. The Bertz CT molecular complexity index is 116. The molecule has 0 saturated carbocycles. The van der Waals surface area contributed by atoms with Gasteiger partial charge in [-0.15, -0.1) is 6.58 Å². The zero-order chi connectivity index (χ0) is 7.45. The van der Waals surface area contributed by atoms with E-state index in [2.05, 4.69) is 22.5 Å². The van der Waals surface area contributed by atoms with Gasteiger partial charge < -0.3 is 4.74 Å². The molecule has 0 N–H and O–H groups in total. The minimum Gasteiger partial charge on any atom is -0.381 e. The Kier molecular flexibility index (Phi) is 2.93. The quantitative estimate of drug-likeness (QED) is 0.507. The van der Waals surface area contributed by atoms with Gasteiger partial charge in [0.2, 0.25) is 0 Å². The van der Waals surface area contributed by atoms with Gasteiger partial charge in [0.25, 0.3) is 0 Å². The molecule has 0 spiro atoms. The molecule has 0 aromatic carbocycles. The Morgan fingerprint density at radius 2 is 2.50 bits per heavy atom. The van der Waals surface area contributed by atoms with E-state index in [4.69, 9.17) is 4.74 Å². The second kappa shape index (κ2) is 3.54. The normalized spacial score (nSPS) is 32.5. The van der Waals surface area contributed by atoms with Gasteiger partial charge in [-0.3, -0.25) is 0 Å². The van der Waals surface area contributed by atoms with E-state index in [1.54, 1.807) is 0 Å². The standard InChI is InChI=1S/C8H13BrO/c1-2-3-8(6-9)4-5-10-7-8/h2H,1,3-7H2. The summed E-state index contributed by atoms with van der Waals surface area (Å²) >= 11 is 3.51. The number of allylic oxidation sites excluding steroid dienone is 1. The number of halogens is 1. The van der Waals surface area contributed by atoms with Crippen molar-refractivity contribution in [2.45, 2.75) is 12.8 Å². The van der Waals surface area contributed by atoms with Gasteiger partial charge in [0.05, 0.1) is 6.61 Å². The zero-order valence-electron chi connectivity index (χ0n) is 6.11. The van der Waals surface area contributed by atoms with Crippen LogP contribution in [-0.4, -0.2) is 18.5 Å². The monoisotopic (exact) mass is 204 g/mol. The third kappa shape index (κ3) is 1.61. The van der Waals surface area contributed by atoms with Crippen molar-refractivity contribution in [3.63, 3.8) is 0 Å². The summed E-state index contributed by atoms with van der Waals surface area (Å²) in [6.07, 6.45) is 4.22. The molecule has 1 aliphatic heterocycles. The van der Waals surface area contributed by atoms with Crippen LogP contribution in [0.4, 0.5) is 0 Å². The molecule has 2 heteroatoms. The zero-order valence-corrected chi connectivity index (χ0v) is 7.69. The van der Waals surface area contributed by atoms with E-state index >= 15 is 0 Å². The summed E-state index contributed by atoms with van der Waals surface area (Å²) in [5, 5.41) is 1.03. The first-order valence-corrected chi connectivity index (χ1v) is 4.70. The summed E-state index contributed by atoms with van der Waals surface area (Å²) in [5.74, 6) is 0. The summed E-state index contributed by atoms with van der Waals surface area (Å²) < 4.78 is 5.33. The van der Waals surface area contributed by atoms with Crippen molar-refractivity contribution in [3.8, 4) is 0 Å². The third-order valence-electron chi connectivity index (χ3n) is 2.05. The summed E-state index contributed by atoms with van der Waals surface area (Å²) in [7, 11) is 0. The van der Waals surface area contributed by atoms with Crippen LogP contribution in [0.1, 0.15) is 12.8 Å². The summed E-state index contributed by atoms with van der Waals surface area (Å²) in [6.45, 7) is 5.55. The Morgan fingerprint density at radius 1 is 1.70 bits per heavy atom. The van der Waals surface area contributed by atoms with Crippen molar-refractivity contribution in [2.24, 2.45) is 5.41 Å². The Morgan fingerprint density at radius 3 is 2.90 bits per heavy atom. The minimum absolute atomic E-state index is 0.363. The molecular weight excluding hydrogens is 192 g/mol. The van der Waals surface area contributed by atoms with Gasteiger partial charge in [-0.2, -0.15) is 0 Å². The van der Waals surface area contributed by atoms with Gasteiger partial charge in [0, 0.05) is 17.4 Å². The molecule has 0 radical (unpaired) electrons. The Labute approximate surface area is 70.6 Å². The number of hydrogen-bond acceptors (Lipinski definition) is 1. The van der Waals surface area contributed by atoms with Gasteiger partial charge in [-0.1, -0.05) is 22.0 Å². The Balaban J connectivity index is 2.48. The molecule has 1 unspecified atom stereocenters. The van der Waals surface area contributed by atoms with Gasteiger partial charge >= 0.3 is 0 Å². The highest BCUT2D eigenvalue weighted by Crippen LogP contribution is 2.34. The molecule has 0 aromatic rings. The largest absolute Gasteiger partial charge is 0.381 e. The van der Waals surface area contributed by atoms with E-state index in [0.29, 0.717) is 5.41 Å². The molecule has 0 aromatic heterocycles. The van der Waals surface area contributed by atoms with Gasteiger partial charge in [-0.05, 0) is 12.8 Å². The van der Waals surface area contributed by atoms with Crippen molar-refractivity contribution in [1.29, 1.82) is 0 Å². The lowest BCUT2D eigenvalue weighted by Crippen LogP contribution is -2.21. The molecule has 10 heavy (non-hydrogen) atoms. The first kappa shape index (κ1) is 8.28. The summed E-state index contributed by atoms with van der Waals surface area (Å²) in [4.78, 5) is 0. The van der Waals surface area contributed by atoms with Crippen molar-refractivity contribution in [3.05, 3.63) is 12.7 Å². The first-order chi connectivity index (χ1) is 4.83. The van der Waals surface area contributed by atoms with Crippen LogP contribution in [0.5, 0.6) is 0 Å². The molecule has 0 amide bonds. The van der Waals surface area contributed by atoms with Crippen LogP contribution in [0.2, 0.25) is 0 Å². The van der Waals surface area contributed by atoms with E-state index < -0.39 is 0 Å². The van der Waals surface area contributed by atoms with E-state index in [1.165, 1.54) is 6.42 Å². The maximum Gasteiger partial charge on any atom is 0.0534 e. The van der Waals surface area contributed by atoms with Crippen LogP contribution in [0.15, 0.2) is 12.7 Å². The van der Waals surface area contributed by atoms with Crippen LogP contribution in [-0.2, 0) is 4.74 Å². The first-order valence-electron chi connectivity index (χ1n) is 3.58. The maximum atomic E-state index is 5.33. The highest BCUT2D eigenvalue weighted by Gasteiger charge is 2.32. The predicted molar refractivity (Wildman–Crippen MR) is 46.5 cm³/mol. The predicted octanol–water partition coefficient (Wildman–Crippen LogP) is 2.36. The Hall–Kier alpha value is 0.180. The van der Waals surface area contributed by atoms with E-state index in [9.17, 15) is 0 Å². The van der Waals surface area contributed by atoms with Gasteiger partial charge in [-0.25, -0.2) is 0 Å². The maximum absolute atomic E-state index is 5.33. The fourth-order valence-corrected chi connectivity index (χ4v) is 1.95. The summed E-state index contributed by atoms with van der Waals surface area (Å²) in [6, 6.07) is 0. The second-order valence-corrected chi connectivity index (χ2v) is 3.49. The minimum atomic E-state index is 0.363. The van der Waals surface area contributed by atoms with E-state index in [0.717, 1.165) is 25.0 Å². The highest BCUT2D eigenvalue weighted by molar-refractivity contribution is 9.09. The lowest BCUT2D eigenvalue weighted by molar-refractivity contribution is 0.163. The van der Waals surface area contributed by atoms with Crippen molar-refractivity contribution in [1.82, 2.24) is 0 Å². The molecule has 0 bridgehead atoms. The molecule has 1 atom stereocenters. The number of rotatable bonds is 3. The SMILES string of the molecule is C=CCC1(CBr)CCOC1. The molecule has 1 rings (SSSR count). The second-order valence-electron chi connectivity index (χ2n) is 2.93. The van der Waals surface area contributed by atoms with Crippen molar-refractivity contribution in [2.75, 3.05) is 18.5 Å². The van der Waals surface area contributed by atoms with Crippen LogP contribution < -0.4 is 0 Å². The highest BCUT2D eigenvalue weighted by atomic mass is 79.9. The molecule has 1 saturated heterocycles. The van der Waals surface area contributed by atoms with Crippen LogP contribution in [0.25, 0.3) is 0 Å². The summed E-state index contributed by atoms with van der Waals surface area (Å²) in [5.41, 5.74) is 0.363. The molecule has 1 nitrogen and oxygen atoms in total. The van der Waals surface area contributed by atoms with E-state index in [1.807, 2.05) is 6.08 Å². The van der Waals surface area contributed by atoms with E-state index in [-0.39, 0.29) is 0 Å². The topological polar surface area (TPSA) is 9.23 Å². The number of alkyl halides is 1. The fourth-order valence-electron chi connectivity index (χ4n) is 1.28. The van der Waals surface area contributed by atoms with Crippen LogP contribution >= 0.6 is 15.9 Å². The lowest BCUT2D eigenvalue weighted by Gasteiger charge is -2.21. The van der Waals surface area contributed by atoms with Crippen LogP contribution in [0.3, 0.4) is 0 Å².